The van der Waals surface area contributed by atoms with Crippen LogP contribution >= 0.6 is 0 Å². The summed E-state index contributed by atoms with van der Waals surface area (Å²) < 4.78 is 0. The Kier molecular flexibility index (Phi) is 3.36. The minimum atomic E-state index is 0.505. The highest BCUT2D eigenvalue weighted by Crippen LogP contribution is 2.35. The van der Waals surface area contributed by atoms with Gasteiger partial charge in [-0.2, -0.15) is 0 Å². The number of nitrogens with zero attached hydrogens (tertiary/aromatic N) is 6. The van der Waals surface area contributed by atoms with Crippen LogP contribution in [-0.4, -0.2) is 45.6 Å². The average Bonchev–Trinajstić information content (AvgIpc) is 2.99. The maximum atomic E-state index is 4.61. The Morgan fingerprint density at radius 1 is 1.05 bits per heavy atom. The summed E-state index contributed by atoms with van der Waals surface area (Å²) in [5.74, 6) is 3.62. The Hall–Kier alpha value is -2.24. The molecule has 2 fully saturated rings. The Labute approximate surface area is 130 Å². The number of aryl methyl sites for hydroxylation is 1. The highest BCUT2D eigenvalue weighted by molar-refractivity contribution is 5.44. The third-order valence-corrected chi connectivity index (χ3v) is 4.79. The molecule has 114 valence electrons. The summed E-state index contributed by atoms with van der Waals surface area (Å²) >= 11 is 0. The molecule has 4 rings (SSSR count). The maximum Gasteiger partial charge on any atom is 0.147 e. The molecule has 22 heavy (non-hydrogen) atoms. The van der Waals surface area contributed by atoms with Crippen LogP contribution in [0, 0.1) is 12.8 Å². The molecule has 0 bridgehead atoms. The molecular formula is C16H20N6. The van der Waals surface area contributed by atoms with Crippen LogP contribution in [0.4, 0.5) is 11.6 Å². The first kappa shape index (κ1) is 13.4. The zero-order valence-electron chi connectivity index (χ0n) is 12.8. The van der Waals surface area contributed by atoms with Crippen LogP contribution in [0.3, 0.4) is 0 Å². The van der Waals surface area contributed by atoms with E-state index in [0.29, 0.717) is 6.04 Å². The van der Waals surface area contributed by atoms with E-state index in [1.54, 1.807) is 12.4 Å². The van der Waals surface area contributed by atoms with Crippen molar-refractivity contribution < 1.29 is 0 Å². The molecule has 6 nitrogen and oxygen atoms in total. The van der Waals surface area contributed by atoms with Gasteiger partial charge in [-0.1, -0.05) is 0 Å². The lowest BCUT2D eigenvalue weighted by molar-refractivity contribution is 0.388. The van der Waals surface area contributed by atoms with Crippen molar-refractivity contribution in [1.82, 2.24) is 19.9 Å². The molecule has 0 amide bonds. The van der Waals surface area contributed by atoms with Gasteiger partial charge in [0.15, 0.2) is 0 Å². The minimum absolute atomic E-state index is 0.505. The second-order valence-corrected chi connectivity index (χ2v) is 6.07. The molecule has 2 aliphatic rings. The first-order valence-electron chi connectivity index (χ1n) is 7.88. The quantitative estimate of drug-likeness (QED) is 0.840. The third-order valence-electron chi connectivity index (χ3n) is 4.79. The molecule has 2 aromatic heterocycles. The second-order valence-electron chi connectivity index (χ2n) is 6.07. The Balaban J connectivity index is 1.57. The molecule has 4 heterocycles. The van der Waals surface area contributed by atoms with Gasteiger partial charge in [0.25, 0.3) is 0 Å². The predicted molar refractivity (Wildman–Crippen MR) is 84.9 cm³/mol. The maximum absolute atomic E-state index is 4.61. The van der Waals surface area contributed by atoms with Crippen molar-refractivity contribution in [2.45, 2.75) is 25.8 Å². The second kappa shape index (κ2) is 5.51. The van der Waals surface area contributed by atoms with Crippen LogP contribution < -0.4 is 9.80 Å². The first-order chi connectivity index (χ1) is 10.8. The van der Waals surface area contributed by atoms with E-state index >= 15 is 0 Å². The largest absolute Gasteiger partial charge is 0.353 e. The SMILES string of the molecule is Cc1nccc(N2CCC3CCN(c4cnccn4)CC32)n1. The topological polar surface area (TPSA) is 58.0 Å². The van der Waals surface area contributed by atoms with Gasteiger partial charge in [-0.15, -0.1) is 0 Å². The summed E-state index contributed by atoms with van der Waals surface area (Å²) in [6.45, 7) is 5.09. The smallest absolute Gasteiger partial charge is 0.147 e. The fourth-order valence-electron chi connectivity index (χ4n) is 3.69. The molecule has 0 radical (unpaired) electrons. The molecule has 2 aromatic rings. The molecule has 2 unspecified atom stereocenters. The lowest BCUT2D eigenvalue weighted by Crippen LogP contribution is -2.48. The van der Waals surface area contributed by atoms with Gasteiger partial charge in [-0.3, -0.25) is 4.98 Å². The van der Waals surface area contributed by atoms with E-state index in [2.05, 4.69) is 29.7 Å². The monoisotopic (exact) mass is 296 g/mol. The molecule has 0 saturated carbocycles. The van der Waals surface area contributed by atoms with Crippen LogP contribution in [0.1, 0.15) is 18.7 Å². The molecule has 2 saturated heterocycles. The summed E-state index contributed by atoms with van der Waals surface area (Å²) in [7, 11) is 0. The van der Waals surface area contributed by atoms with Crippen molar-refractivity contribution >= 4 is 11.6 Å². The number of aromatic nitrogens is 4. The van der Waals surface area contributed by atoms with Gasteiger partial charge in [0.2, 0.25) is 0 Å². The summed E-state index contributed by atoms with van der Waals surface area (Å²) in [6, 6.07) is 2.53. The molecule has 6 heteroatoms. The zero-order chi connectivity index (χ0) is 14.9. The predicted octanol–water partition coefficient (Wildman–Crippen LogP) is 1.68. The van der Waals surface area contributed by atoms with E-state index < -0.39 is 0 Å². The van der Waals surface area contributed by atoms with Crippen LogP contribution in [0.2, 0.25) is 0 Å². The number of fused-ring (bicyclic) bond motifs is 1. The average molecular weight is 296 g/mol. The molecule has 0 aliphatic carbocycles. The summed E-state index contributed by atoms with van der Waals surface area (Å²) in [4.78, 5) is 22.3. The molecule has 2 aliphatic heterocycles. The number of rotatable bonds is 2. The van der Waals surface area contributed by atoms with Gasteiger partial charge in [-0.05, 0) is 31.7 Å². The van der Waals surface area contributed by atoms with E-state index in [1.807, 2.05) is 25.4 Å². The van der Waals surface area contributed by atoms with Crippen molar-refractivity contribution in [2.24, 2.45) is 5.92 Å². The van der Waals surface area contributed by atoms with E-state index in [4.69, 9.17) is 0 Å². The van der Waals surface area contributed by atoms with Crippen LogP contribution in [-0.2, 0) is 0 Å². The number of anilines is 2. The Morgan fingerprint density at radius 2 is 1.95 bits per heavy atom. The molecule has 0 aromatic carbocycles. The zero-order valence-corrected chi connectivity index (χ0v) is 12.8. The molecular weight excluding hydrogens is 276 g/mol. The highest BCUT2D eigenvalue weighted by atomic mass is 15.3. The van der Waals surface area contributed by atoms with Gasteiger partial charge in [0.05, 0.1) is 12.2 Å². The first-order valence-corrected chi connectivity index (χ1v) is 7.88. The van der Waals surface area contributed by atoms with Crippen molar-refractivity contribution in [3.63, 3.8) is 0 Å². The van der Waals surface area contributed by atoms with Gasteiger partial charge < -0.3 is 9.80 Å². The number of hydrogen-bond donors (Lipinski definition) is 0. The van der Waals surface area contributed by atoms with Crippen molar-refractivity contribution in [1.29, 1.82) is 0 Å². The van der Waals surface area contributed by atoms with Gasteiger partial charge in [-0.25, -0.2) is 15.0 Å². The van der Waals surface area contributed by atoms with Crippen molar-refractivity contribution in [2.75, 3.05) is 29.4 Å². The lowest BCUT2D eigenvalue weighted by atomic mass is 9.92. The normalized spacial score (nSPS) is 24.4. The van der Waals surface area contributed by atoms with E-state index in [0.717, 1.165) is 43.0 Å². The van der Waals surface area contributed by atoms with Gasteiger partial charge in [0.1, 0.15) is 17.5 Å². The highest BCUT2D eigenvalue weighted by Gasteiger charge is 2.39. The van der Waals surface area contributed by atoms with Gasteiger partial charge >= 0.3 is 0 Å². The summed E-state index contributed by atoms with van der Waals surface area (Å²) in [5, 5.41) is 0. The molecule has 0 spiro atoms. The molecule has 2 atom stereocenters. The van der Waals surface area contributed by atoms with Crippen LogP contribution in [0.25, 0.3) is 0 Å². The van der Waals surface area contributed by atoms with Crippen molar-refractivity contribution in [3.8, 4) is 0 Å². The molecule has 0 N–H and O–H groups in total. The number of piperidine rings is 1. The standard InChI is InChI=1S/C16H20N6/c1-12-18-5-2-15(20-12)22-9-4-13-3-8-21(11-14(13)22)16-10-17-6-7-19-16/h2,5-7,10,13-14H,3-4,8-9,11H2,1H3. The fraction of sp³-hybridized carbons (Fsp3) is 0.500. The van der Waals surface area contributed by atoms with E-state index in [1.165, 1.54) is 12.8 Å². The summed E-state index contributed by atoms with van der Waals surface area (Å²) in [5.41, 5.74) is 0. The third kappa shape index (κ3) is 2.38. The van der Waals surface area contributed by atoms with Crippen molar-refractivity contribution in [3.05, 3.63) is 36.7 Å². The minimum Gasteiger partial charge on any atom is -0.353 e. The van der Waals surface area contributed by atoms with Crippen LogP contribution in [0.5, 0.6) is 0 Å². The Bertz CT molecular complexity index is 646. The van der Waals surface area contributed by atoms with E-state index in [9.17, 15) is 0 Å². The summed E-state index contributed by atoms with van der Waals surface area (Å²) in [6.07, 6.45) is 9.66. The van der Waals surface area contributed by atoms with E-state index in [-0.39, 0.29) is 0 Å². The van der Waals surface area contributed by atoms with Gasteiger partial charge in [0, 0.05) is 38.2 Å². The fourth-order valence-corrected chi connectivity index (χ4v) is 3.69. The lowest BCUT2D eigenvalue weighted by Gasteiger charge is -2.39. The number of hydrogen-bond acceptors (Lipinski definition) is 6. The Morgan fingerprint density at radius 3 is 2.77 bits per heavy atom. The van der Waals surface area contributed by atoms with Crippen LogP contribution in [0.15, 0.2) is 30.9 Å².